The van der Waals surface area contributed by atoms with Crippen LogP contribution in [-0.4, -0.2) is 65.7 Å². The molecular formula is C32H20ClInN8. The first-order chi connectivity index (χ1) is 20.2. The van der Waals surface area contributed by atoms with E-state index in [4.69, 9.17) is 41.5 Å². The zero-order chi connectivity index (χ0) is 27.1. The Balaban J connectivity index is 0.00000267. The van der Waals surface area contributed by atoms with Gasteiger partial charge < -0.3 is 9.97 Å². The number of halogens is 1. The molecule has 4 aromatic carbocycles. The van der Waals surface area contributed by atoms with Crippen molar-refractivity contribution in [2.24, 2.45) is 0 Å². The van der Waals surface area contributed by atoms with E-state index in [9.17, 15) is 0 Å². The van der Waals surface area contributed by atoms with E-state index in [1.54, 1.807) is 0 Å². The Labute approximate surface area is 261 Å². The van der Waals surface area contributed by atoms with Crippen LogP contribution in [0.2, 0.25) is 5.02 Å². The molecule has 8 nitrogen and oxygen atoms in total. The van der Waals surface area contributed by atoms with Crippen molar-refractivity contribution in [2.75, 3.05) is 0 Å². The van der Waals surface area contributed by atoms with Crippen molar-refractivity contribution in [3.63, 3.8) is 0 Å². The monoisotopic (exact) mass is 666 g/mol. The van der Waals surface area contributed by atoms with Gasteiger partial charge in [-0.15, -0.1) is 0 Å². The van der Waals surface area contributed by atoms with E-state index in [0.29, 0.717) is 50.9 Å². The summed E-state index contributed by atoms with van der Waals surface area (Å²) < 4.78 is 0. The zero-order valence-corrected chi connectivity index (χ0v) is 22.0. The van der Waals surface area contributed by atoms with Crippen molar-refractivity contribution >= 4 is 81.6 Å². The third-order valence-electron chi connectivity index (χ3n) is 7.53. The van der Waals surface area contributed by atoms with Crippen LogP contribution in [-0.2, 0) is 0 Å². The quantitative estimate of drug-likeness (QED) is 0.196. The van der Waals surface area contributed by atoms with Crippen molar-refractivity contribution in [3.8, 4) is 45.6 Å². The van der Waals surface area contributed by atoms with Crippen LogP contribution < -0.4 is 0 Å². The second kappa shape index (κ2) is 9.47. The molecule has 3 aromatic heterocycles. The Morgan fingerprint density at radius 1 is 0.405 bits per heavy atom. The predicted octanol–water partition coefficient (Wildman–Crippen LogP) is 6.34. The second-order valence-corrected chi connectivity index (χ2v) is 10.3. The summed E-state index contributed by atoms with van der Waals surface area (Å²) in [5, 5.41) is 4.05. The molecule has 10 heteroatoms. The molecule has 2 aliphatic heterocycles. The molecule has 2 aliphatic rings. The molecule has 198 valence electrons. The molecule has 8 bridgehead atoms. The average molecular weight is 667 g/mol. The number of fused-ring (bicyclic) bond motifs is 20. The molecule has 0 fully saturated rings. The fourth-order valence-corrected chi connectivity index (χ4v) is 5.91. The average Bonchev–Trinajstić information content (AvgIpc) is 3.73. The normalized spacial score (nSPS) is 11.7. The van der Waals surface area contributed by atoms with E-state index in [1.807, 2.05) is 91.0 Å². The van der Waals surface area contributed by atoms with Gasteiger partial charge in [0.05, 0.1) is 5.02 Å². The summed E-state index contributed by atoms with van der Waals surface area (Å²) in [5.41, 5.74) is 6.09. The number of rotatable bonds is 0. The fraction of sp³-hybridized carbons (Fsp3) is 0. The standard InChI is InChI=1S/C32H17ClN8.In.3H/c33-23-15-7-14-22-24(23)32-40-30-21-13-6-5-12-20(21)28(38-30)36-26-17-9-2-1-8-16(17)25(34-26)35-27-18-10-3-4-11-19(18)29(37-27)39-31(22)41-32;;;;/h1-15H,(H2,34,35,36,37,38,39,40,41);;;;. The van der Waals surface area contributed by atoms with E-state index in [1.165, 1.54) is 0 Å². The molecule has 0 unspecified atom stereocenters. The summed E-state index contributed by atoms with van der Waals surface area (Å²) in [7, 11) is 0. The second-order valence-electron chi connectivity index (χ2n) is 9.91. The van der Waals surface area contributed by atoms with Crippen LogP contribution in [0.1, 0.15) is 0 Å². The van der Waals surface area contributed by atoms with E-state index >= 15 is 0 Å². The Bertz CT molecular complexity index is 2410. The van der Waals surface area contributed by atoms with Crippen LogP contribution in [0.15, 0.2) is 91.0 Å². The third kappa shape index (κ3) is 3.70. The summed E-state index contributed by atoms with van der Waals surface area (Å²) in [6.07, 6.45) is 0. The Morgan fingerprint density at radius 3 is 1.29 bits per heavy atom. The van der Waals surface area contributed by atoms with Gasteiger partial charge in [-0.05, 0) is 6.07 Å². The van der Waals surface area contributed by atoms with Gasteiger partial charge in [-0.3, -0.25) is 0 Å². The topological polar surface area (TPSA) is 109 Å². The number of benzene rings is 4. The fourth-order valence-electron chi connectivity index (χ4n) is 5.65. The Hall–Kier alpha value is -4.60. The summed E-state index contributed by atoms with van der Waals surface area (Å²) in [4.78, 5) is 36.6. The van der Waals surface area contributed by atoms with Crippen molar-refractivity contribution < 1.29 is 0 Å². The molecule has 0 atom stereocenters. The molecule has 0 amide bonds. The van der Waals surface area contributed by atoms with Gasteiger partial charge >= 0.3 is 25.8 Å². The summed E-state index contributed by atoms with van der Waals surface area (Å²) in [5.74, 6) is 2.24. The molecule has 0 radical (unpaired) electrons. The van der Waals surface area contributed by atoms with Crippen molar-refractivity contribution in [3.05, 3.63) is 96.0 Å². The molecular weight excluding hydrogens is 647 g/mol. The third-order valence-corrected chi connectivity index (χ3v) is 7.84. The first-order valence-electron chi connectivity index (χ1n) is 13.1. The molecule has 0 spiro atoms. The van der Waals surface area contributed by atoms with Crippen LogP contribution in [0, 0.1) is 0 Å². The van der Waals surface area contributed by atoms with Crippen LogP contribution in [0.5, 0.6) is 0 Å². The predicted molar refractivity (Wildman–Crippen MR) is 171 cm³/mol. The van der Waals surface area contributed by atoms with Crippen LogP contribution >= 0.6 is 11.6 Å². The number of nitrogens with zero attached hydrogens (tertiary/aromatic N) is 6. The SMILES string of the molecule is Clc1cccc2c3nc4nc(nc5[nH]c(nc6nc(nc([nH]3)c12)-c1ccccc1-6)c1ccccc51)-c1ccccc1-4.[InH3]. The van der Waals surface area contributed by atoms with E-state index in [0.717, 1.165) is 43.8 Å². The number of aromatic nitrogens is 8. The van der Waals surface area contributed by atoms with Gasteiger partial charge in [-0.1, -0.05) is 96.5 Å². The van der Waals surface area contributed by atoms with Crippen LogP contribution in [0.4, 0.5) is 0 Å². The van der Waals surface area contributed by atoms with Crippen molar-refractivity contribution in [1.82, 2.24) is 39.9 Å². The van der Waals surface area contributed by atoms with Crippen molar-refractivity contribution in [1.29, 1.82) is 0 Å². The minimum atomic E-state index is 0. The van der Waals surface area contributed by atoms with Gasteiger partial charge in [-0.2, -0.15) is 0 Å². The molecule has 2 N–H and O–H groups in total. The Kier molecular flexibility index (Phi) is 5.67. The first-order valence-corrected chi connectivity index (χ1v) is 13.5. The number of aromatic amines is 2. The van der Waals surface area contributed by atoms with E-state index in [-0.39, 0.29) is 25.8 Å². The molecule has 42 heavy (non-hydrogen) atoms. The summed E-state index contributed by atoms with van der Waals surface area (Å²) in [6.45, 7) is 0. The maximum absolute atomic E-state index is 6.73. The maximum atomic E-state index is 6.73. The first kappa shape index (κ1) is 25.1. The molecule has 0 saturated carbocycles. The molecule has 5 heterocycles. The van der Waals surface area contributed by atoms with Gasteiger partial charge in [-0.25, -0.2) is 29.9 Å². The summed E-state index contributed by atoms with van der Waals surface area (Å²) in [6, 6.07) is 29.7. The van der Waals surface area contributed by atoms with Crippen LogP contribution in [0.25, 0.3) is 89.7 Å². The molecule has 7 aromatic rings. The number of H-pyrrole nitrogens is 2. The van der Waals surface area contributed by atoms with Gasteiger partial charge in [0.1, 0.15) is 22.6 Å². The number of hydrogen-bond acceptors (Lipinski definition) is 6. The van der Waals surface area contributed by atoms with E-state index in [2.05, 4.69) is 9.97 Å². The van der Waals surface area contributed by atoms with Crippen LogP contribution in [0.3, 0.4) is 0 Å². The van der Waals surface area contributed by atoms with Gasteiger partial charge in [0.2, 0.25) is 0 Å². The van der Waals surface area contributed by atoms with Gasteiger partial charge in [0.15, 0.2) is 23.3 Å². The van der Waals surface area contributed by atoms with Gasteiger partial charge in [0, 0.05) is 43.8 Å². The molecule has 9 rings (SSSR count). The number of hydrogen-bond donors (Lipinski definition) is 2. The Morgan fingerprint density at radius 2 is 0.786 bits per heavy atom. The summed E-state index contributed by atoms with van der Waals surface area (Å²) >= 11 is 6.73. The number of nitrogens with one attached hydrogen (secondary N) is 2. The molecule has 0 aliphatic carbocycles. The zero-order valence-electron chi connectivity index (χ0n) is 21.2. The molecule has 0 saturated heterocycles. The van der Waals surface area contributed by atoms with E-state index < -0.39 is 0 Å². The van der Waals surface area contributed by atoms with Crippen molar-refractivity contribution in [2.45, 2.75) is 0 Å². The van der Waals surface area contributed by atoms with Gasteiger partial charge in [0.25, 0.3) is 0 Å². The minimum absolute atomic E-state index is 0.